The predicted molar refractivity (Wildman–Crippen MR) is 67.6 cm³/mol. The molecule has 0 aromatic rings. The molecule has 2 fully saturated rings. The minimum Gasteiger partial charge on any atom is -0.377 e. The van der Waals surface area contributed by atoms with E-state index in [9.17, 15) is 0 Å². The molecule has 4 atom stereocenters. The zero-order valence-corrected chi connectivity index (χ0v) is 10.9. The van der Waals surface area contributed by atoms with Gasteiger partial charge in [0.2, 0.25) is 0 Å². The average molecular weight is 225 g/mol. The molecule has 1 saturated heterocycles. The van der Waals surface area contributed by atoms with Gasteiger partial charge in [-0.1, -0.05) is 26.2 Å². The Balaban J connectivity index is 1.85. The van der Waals surface area contributed by atoms with Gasteiger partial charge in [-0.25, -0.2) is 0 Å². The van der Waals surface area contributed by atoms with Crippen LogP contribution in [0.5, 0.6) is 0 Å². The largest absolute Gasteiger partial charge is 0.377 e. The van der Waals surface area contributed by atoms with Crippen LogP contribution < -0.4 is 5.32 Å². The lowest BCUT2D eigenvalue weighted by Crippen LogP contribution is -2.46. The molecule has 0 bridgehead atoms. The summed E-state index contributed by atoms with van der Waals surface area (Å²) in [6.45, 7) is 5.47. The van der Waals surface area contributed by atoms with Crippen molar-refractivity contribution >= 4 is 0 Å². The molecule has 2 aliphatic rings. The summed E-state index contributed by atoms with van der Waals surface area (Å²) in [6.07, 6.45) is 10.0. The van der Waals surface area contributed by atoms with E-state index in [4.69, 9.17) is 4.74 Å². The lowest BCUT2D eigenvalue weighted by atomic mass is 9.81. The lowest BCUT2D eigenvalue weighted by molar-refractivity contribution is 0.105. The molecule has 0 spiro atoms. The van der Waals surface area contributed by atoms with E-state index >= 15 is 0 Å². The molecule has 1 aliphatic carbocycles. The van der Waals surface area contributed by atoms with Crippen LogP contribution in [0.2, 0.25) is 0 Å². The van der Waals surface area contributed by atoms with E-state index in [1.165, 1.54) is 44.9 Å². The van der Waals surface area contributed by atoms with Crippen molar-refractivity contribution in [2.45, 2.75) is 77.0 Å². The highest BCUT2D eigenvalue weighted by molar-refractivity contribution is 4.87. The summed E-state index contributed by atoms with van der Waals surface area (Å²) >= 11 is 0. The van der Waals surface area contributed by atoms with Gasteiger partial charge in [-0.2, -0.15) is 0 Å². The van der Waals surface area contributed by atoms with Crippen LogP contribution in [0, 0.1) is 5.92 Å². The molecule has 0 radical (unpaired) electrons. The molecule has 0 aromatic heterocycles. The van der Waals surface area contributed by atoms with Gasteiger partial charge in [0.1, 0.15) is 0 Å². The highest BCUT2D eigenvalue weighted by atomic mass is 16.5. The first-order valence-corrected chi connectivity index (χ1v) is 7.19. The Morgan fingerprint density at radius 2 is 1.94 bits per heavy atom. The maximum atomic E-state index is 5.64. The van der Waals surface area contributed by atoms with E-state index in [0.717, 1.165) is 18.6 Å². The summed E-state index contributed by atoms with van der Waals surface area (Å²) in [4.78, 5) is 0. The summed E-state index contributed by atoms with van der Waals surface area (Å²) in [5, 5.41) is 3.88. The molecule has 1 saturated carbocycles. The Bertz CT molecular complexity index is 205. The van der Waals surface area contributed by atoms with Crippen LogP contribution in [0.15, 0.2) is 0 Å². The van der Waals surface area contributed by atoms with Crippen LogP contribution in [0.25, 0.3) is 0 Å². The van der Waals surface area contributed by atoms with E-state index in [2.05, 4.69) is 19.2 Å². The SMILES string of the molecule is CCCC1CCCCC1NC1CCOC1C. The zero-order valence-electron chi connectivity index (χ0n) is 10.9. The second-order valence-corrected chi connectivity index (χ2v) is 5.58. The van der Waals surface area contributed by atoms with Gasteiger partial charge < -0.3 is 10.1 Å². The summed E-state index contributed by atoms with van der Waals surface area (Å²) in [6, 6.07) is 1.38. The first-order valence-electron chi connectivity index (χ1n) is 7.19. The maximum absolute atomic E-state index is 5.64. The monoisotopic (exact) mass is 225 g/mol. The van der Waals surface area contributed by atoms with Gasteiger partial charge in [0.15, 0.2) is 0 Å². The molecule has 1 N–H and O–H groups in total. The normalized spacial score (nSPS) is 40.1. The number of hydrogen-bond acceptors (Lipinski definition) is 2. The molecule has 0 amide bonds. The quantitative estimate of drug-likeness (QED) is 0.794. The minimum atomic E-state index is 0.421. The van der Waals surface area contributed by atoms with Crippen molar-refractivity contribution in [3.8, 4) is 0 Å². The highest BCUT2D eigenvalue weighted by Gasteiger charge is 2.30. The van der Waals surface area contributed by atoms with E-state index in [1.807, 2.05) is 0 Å². The maximum Gasteiger partial charge on any atom is 0.0700 e. The minimum absolute atomic E-state index is 0.421. The Morgan fingerprint density at radius 1 is 1.12 bits per heavy atom. The fourth-order valence-electron chi connectivity index (χ4n) is 3.37. The predicted octanol–water partition coefficient (Wildman–Crippen LogP) is 3.11. The molecule has 1 aliphatic heterocycles. The number of hydrogen-bond donors (Lipinski definition) is 1. The Hall–Kier alpha value is -0.0800. The van der Waals surface area contributed by atoms with Crippen molar-refractivity contribution in [3.63, 3.8) is 0 Å². The molecule has 94 valence electrons. The summed E-state index contributed by atoms with van der Waals surface area (Å²) in [7, 11) is 0. The summed E-state index contributed by atoms with van der Waals surface area (Å²) in [5.41, 5.74) is 0. The van der Waals surface area contributed by atoms with Gasteiger partial charge in [-0.3, -0.25) is 0 Å². The molecule has 16 heavy (non-hydrogen) atoms. The van der Waals surface area contributed by atoms with Gasteiger partial charge in [-0.05, 0) is 38.5 Å². The van der Waals surface area contributed by atoms with Crippen molar-refractivity contribution in [2.24, 2.45) is 5.92 Å². The average Bonchev–Trinajstić information content (AvgIpc) is 2.68. The van der Waals surface area contributed by atoms with Crippen molar-refractivity contribution in [2.75, 3.05) is 6.61 Å². The van der Waals surface area contributed by atoms with E-state index in [0.29, 0.717) is 12.1 Å². The highest BCUT2D eigenvalue weighted by Crippen LogP contribution is 2.29. The smallest absolute Gasteiger partial charge is 0.0700 e. The molecule has 1 heterocycles. The van der Waals surface area contributed by atoms with Gasteiger partial charge in [0.05, 0.1) is 6.10 Å². The molecule has 2 heteroatoms. The van der Waals surface area contributed by atoms with Crippen LogP contribution in [-0.2, 0) is 4.74 Å². The van der Waals surface area contributed by atoms with Crippen molar-refractivity contribution in [3.05, 3.63) is 0 Å². The van der Waals surface area contributed by atoms with Crippen LogP contribution in [0.1, 0.15) is 58.8 Å². The molecular formula is C14H27NO. The second kappa shape index (κ2) is 6.02. The van der Waals surface area contributed by atoms with Gasteiger partial charge in [-0.15, -0.1) is 0 Å². The zero-order chi connectivity index (χ0) is 11.4. The molecule has 2 nitrogen and oxygen atoms in total. The van der Waals surface area contributed by atoms with E-state index in [-0.39, 0.29) is 0 Å². The topological polar surface area (TPSA) is 21.3 Å². The van der Waals surface area contributed by atoms with E-state index < -0.39 is 0 Å². The first-order chi connectivity index (χ1) is 7.81. The Labute approximate surface area is 100 Å². The number of nitrogens with one attached hydrogen (secondary N) is 1. The second-order valence-electron chi connectivity index (χ2n) is 5.58. The molecule has 2 rings (SSSR count). The third kappa shape index (κ3) is 2.98. The van der Waals surface area contributed by atoms with Crippen molar-refractivity contribution in [1.29, 1.82) is 0 Å². The van der Waals surface area contributed by atoms with Crippen molar-refractivity contribution in [1.82, 2.24) is 5.32 Å². The number of rotatable bonds is 4. The molecule has 4 unspecified atom stereocenters. The fourth-order valence-corrected chi connectivity index (χ4v) is 3.37. The summed E-state index contributed by atoms with van der Waals surface area (Å²) in [5.74, 6) is 0.923. The molecular weight excluding hydrogens is 198 g/mol. The van der Waals surface area contributed by atoms with Gasteiger partial charge in [0, 0.05) is 18.7 Å². The first kappa shape index (κ1) is 12.4. The molecule has 0 aromatic carbocycles. The van der Waals surface area contributed by atoms with Crippen molar-refractivity contribution < 1.29 is 4.74 Å². The third-order valence-electron chi connectivity index (χ3n) is 4.37. The van der Waals surface area contributed by atoms with E-state index in [1.54, 1.807) is 0 Å². The third-order valence-corrected chi connectivity index (χ3v) is 4.37. The lowest BCUT2D eigenvalue weighted by Gasteiger charge is -2.35. The van der Waals surface area contributed by atoms with Gasteiger partial charge in [0.25, 0.3) is 0 Å². The van der Waals surface area contributed by atoms with Crippen LogP contribution in [0.3, 0.4) is 0 Å². The van der Waals surface area contributed by atoms with Crippen LogP contribution in [0.4, 0.5) is 0 Å². The summed E-state index contributed by atoms with van der Waals surface area (Å²) < 4.78 is 5.64. The van der Waals surface area contributed by atoms with Crippen LogP contribution in [-0.4, -0.2) is 24.8 Å². The Kier molecular flexibility index (Phi) is 4.66. The fraction of sp³-hybridized carbons (Fsp3) is 1.00. The van der Waals surface area contributed by atoms with Gasteiger partial charge >= 0.3 is 0 Å². The van der Waals surface area contributed by atoms with Crippen LogP contribution >= 0.6 is 0 Å². The number of ether oxygens (including phenoxy) is 1. The standard InChI is InChI=1S/C14H27NO/c1-3-6-12-7-4-5-8-14(12)15-13-9-10-16-11(13)2/h11-15H,3-10H2,1-2H3. The Morgan fingerprint density at radius 3 is 2.62 bits per heavy atom.